The average molecular weight is 251 g/mol. The van der Waals surface area contributed by atoms with Crippen LogP contribution in [0, 0.1) is 6.92 Å². The van der Waals surface area contributed by atoms with E-state index in [1.54, 1.807) is 7.11 Å². The van der Waals surface area contributed by atoms with Gasteiger partial charge in [0, 0.05) is 26.7 Å². The van der Waals surface area contributed by atoms with Gasteiger partial charge in [0.1, 0.15) is 17.5 Å². The van der Waals surface area contributed by atoms with Crippen LogP contribution in [-0.4, -0.2) is 48.5 Å². The van der Waals surface area contributed by atoms with Crippen molar-refractivity contribution in [2.24, 2.45) is 0 Å². The van der Waals surface area contributed by atoms with E-state index < -0.39 is 0 Å². The fraction of sp³-hybridized carbons (Fsp3) is 0.545. The normalized spacial score (nSPS) is 11.0. The van der Waals surface area contributed by atoms with Crippen molar-refractivity contribution >= 4 is 16.9 Å². The third-order valence-electron chi connectivity index (χ3n) is 2.52. The van der Waals surface area contributed by atoms with Crippen molar-refractivity contribution in [3.63, 3.8) is 0 Å². The number of methoxy groups -OCH3 is 1. The summed E-state index contributed by atoms with van der Waals surface area (Å²) in [7, 11) is 1.69. The molecule has 0 aliphatic heterocycles. The molecule has 0 atom stereocenters. The third kappa shape index (κ3) is 2.93. The Kier molecular flexibility index (Phi) is 4.43. The molecule has 2 aromatic rings. The molecule has 0 aliphatic carbocycles. The Bertz CT molecular complexity index is 499. The van der Waals surface area contributed by atoms with Crippen LogP contribution in [0.2, 0.25) is 0 Å². The Morgan fingerprint density at radius 2 is 2.17 bits per heavy atom. The van der Waals surface area contributed by atoms with E-state index in [2.05, 4.69) is 25.8 Å². The fourth-order valence-corrected chi connectivity index (χ4v) is 1.62. The third-order valence-corrected chi connectivity index (χ3v) is 2.52. The fourth-order valence-electron chi connectivity index (χ4n) is 1.62. The van der Waals surface area contributed by atoms with Gasteiger partial charge in [-0.1, -0.05) is 5.16 Å². The highest BCUT2D eigenvalue weighted by Gasteiger charge is 2.10. The maximum Gasteiger partial charge on any atom is 0.263 e. The van der Waals surface area contributed by atoms with E-state index in [-0.39, 0.29) is 0 Å². The predicted molar refractivity (Wildman–Crippen MR) is 67.6 cm³/mol. The molecule has 0 radical (unpaired) electrons. The molecule has 0 amide bonds. The number of nitrogens with zero attached hydrogens (tertiary/aromatic N) is 3. The van der Waals surface area contributed by atoms with E-state index in [0.717, 1.165) is 36.5 Å². The van der Waals surface area contributed by atoms with Crippen LogP contribution in [0.5, 0.6) is 0 Å². The molecule has 2 heterocycles. The lowest BCUT2D eigenvalue weighted by atomic mass is 10.3. The number of ether oxygens (including phenoxy) is 1. The number of rotatable bonds is 7. The molecule has 7 heteroatoms. The first-order chi connectivity index (χ1) is 8.83. The number of nitrogens with one attached hydrogen (secondary N) is 2. The van der Waals surface area contributed by atoms with Gasteiger partial charge in [-0.05, 0) is 6.92 Å². The van der Waals surface area contributed by atoms with Crippen molar-refractivity contribution in [2.45, 2.75) is 6.92 Å². The quantitative estimate of drug-likeness (QED) is 0.696. The zero-order valence-electron chi connectivity index (χ0n) is 10.6. The number of anilines is 1. The standard InChI is InChI=1S/C11H17N5O2/c1-8-9-10(13-4-3-12-5-6-17-2)14-7-15-11(9)18-16-8/h7,12H,3-6H2,1-2H3,(H,13,14,15). The molecule has 0 unspecified atom stereocenters. The highest BCUT2D eigenvalue weighted by atomic mass is 16.5. The summed E-state index contributed by atoms with van der Waals surface area (Å²) in [6, 6.07) is 0. The Morgan fingerprint density at radius 1 is 1.28 bits per heavy atom. The molecule has 2 rings (SSSR count). The predicted octanol–water partition coefficient (Wildman–Crippen LogP) is 0.574. The highest BCUT2D eigenvalue weighted by Crippen LogP contribution is 2.21. The second kappa shape index (κ2) is 6.27. The SMILES string of the molecule is COCCNCCNc1ncnc2onc(C)c12. The zero-order chi connectivity index (χ0) is 12.8. The van der Waals surface area contributed by atoms with E-state index in [4.69, 9.17) is 9.26 Å². The van der Waals surface area contributed by atoms with Crippen molar-refractivity contribution in [1.82, 2.24) is 20.4 Å². The second-order valence-corrected chi connectivity index (χ2v) is 3.84. The van der Waals surface area contributed by atoms with Crippen molar-refractivity contribution in [3.05, 3.63) is 12.0 Å². The smallest absolute Gasteiger partial charge is 0.263 e. The van der Waals surface area contributed by atoms with Gasteiger partial charge in [0.05, 0.1) is 12.3 Å². The maximum atomic E-state index is 5.08. The van der Waals surface area contributed by atoms with Gasteiger partial charge in [-0.15, -0.1) is 0 Å². The Balaban J connectivity index is 1.89. The van der Waals surface area contributed by atoms with E-state index in [9.17, 15) is 0 Å². The van der Waals surface area contributed by atoms with Crippen LogP contribution in [-0.2, 0) is 4.74 Å². The lowest BCUT2D eigenvalue weighted by Crippen LogP contribution is -2.25. The van der Waals surface area contributed by atoms with Gasteiger partial charge in [-0.2, -0.15) is 4.98 Å². The average Bonchev–Trinajstić information content (AvgIpc) is 2.76. The van der Waals surface area contributed by atoms with Gasteiger partial charge in [0.25, 0.3) is 5.71 Å². The van der Waals surface area contributed by atoms with Crippen LogP contribution >= 0.6 is 0 Å². The molecule has 0 aliphatic rings. The monoisotopic (exact) mass is 251 g/mol. The number of aryl methyl sites for hydroxylation is 1. The van der Waals surface area contributed by atoms with Crippen LogP contribution in [0.4, 0.5) is 5.82 Å². The van der Waals surface area contributed by atoms with Crippen LogP contribution in [0.1, 0.15) is 5.69 Å². The van der Waals surface area contributed by atoms with Crippen LogP contribution < -0.4 is 10.6 Å². The molecule has 2 aromatic heterocycles. The number of hydrogen-bond donors (Lipinski definition) is 2. The van der Waals surface area contributed by atoms with Crippen molar-refractivity contribution in [2.75, 3.05) is 38.7 Å². The van der Waals surface area contributed by atoms with E-state index in [0.29, 0.717) is 12.3 Å². The van der Waals surface area contributed by atoms with Crippen molar-refractivity contribution in [3.8, 4) is 0 Å². The number of hydrogen-bond acceptors (Lipinski definition) is 7. The minimum absolute atomic E-state index is 0.511. The molecule has 0 spiro atoms. The minimum Gasteiger partial charge on any atom is -0.383 e. The summed E-state index contributed by atoms with van der Waals surface area (Å²) in [5.74, 6) is 0.757. The molecule has 18 heavy (non-hydrogen) atoms. The number of aromatic nitrogens is 3. The van der Waals surface area contributed by atoms with Gasteiger partial charge < -0.3 is 19.9 Å². The van der Waals surface area contributed by atoms with Crippen molar-refractivity contribution in [1.29, 1.82) is 0 Å². The van der Waals surface area contributed by atoms with Gasteiger partial charge in [0.15, 0.2) is 0 Å². The van der Waals surface area contributed by atoms with E-state index >= 15 is 0 Å². The Labute approximate surface area is 105 Å². The Hall–Kier alpha value is -1.73. The minimum atomic E-state index is 0.511. The highest BCUT2D eigenvalue weighted by molar-refractivity contribution is 5.87. The molecular weight excluding hydrogens is 234 g/mol. The lowest BCUT2D eigenvalue weighted by Gasteiger charge is -2.07. The van der Waals surface area contributed by atoms with Gasteiger partial charge >= 0.3 is 0 Å². The summed E-state index contributed by atoms with van der Waals surface area (Å²) in [5.41, 5.74) is 1.30. The first-order valence-corrected chi connectivity index (χ1v) is 5.83. The first-order valence-electron chi connectivity index (χ1n) is 5.83. The molecule has 0 aromatic carbocycles. The van der Waals surface area contributed by atoms with E-state index in [1.165, 1.54) is 6.33 Å². The molecule has 98 valence electrons. The summed E-state index contributed by atoms with van der Waals surface area (Å²) >= 11 is 0. The van der Waals surface area contributed by atoms with E-state index in [1.807, 2.05) is 6.92 Å². The molecule has 0 bridgehead atoms. The van der Waals surface area contributed by atoms with Crippen LogP contribution in [0.3, 0.4) is 0 Å². The summed E-state index contributed by atoms with van der Waals surface area (Å²) in [6.45, 7) is 5.02. The van der Waals surface area contributed by atoms with Gasteiger partial charge in [0.2, 0.25) is 0 Å². The van der Waals surface area contributed by atoms with Crippen LogP contribution in [0.25, 0.3) is 11.1 Å². The number of fused-ring (bicyclic) bond motifs is 1. The first kappa shape index (κ1) is 12.7. The molecular formula is C11H17N5O2. The largest absolute Gasteiger partial charge is 0.383 e. The summed E-state index contributed by atoms with van der Waals surface area (Å²) in [6.07, 6.45) is 1.47. The summed E-state index contributed by atoms with van der Waals surface area (Å²) in [5, 5.41) is 11.2. The van der Waals surface area contributed by atoms with Crippen molar-refractivity contribution < 1.29 is 9.26 Å². The molecule has 0 saturated carbocycles. The topological polar surface area (TPSA) is 85.1 Å². The molecule has 0 saturated heterocycles. The molecule has 0 fully saturated rings. The lowest BCUT2D eigenvalue weighted by molar-refractivity contribution is 0.200. The molecule has 2 N–H and O–H groups in total. The Morgan fingerprint density at radius 3 is 3.00 bits per heavy atom. The van der Waals surface area contributed by atoms with Gasteiger partial charge in [-0.3, -0.25) is 0 Å². The second-order valence-electron chi connectivity index (χ2n) is 3.84. The summed E-state index contributed by atoms with van der Waals surface area (Å²) in [4.78, 5) is 8.22. The van der Waals surface area contributed by atoms with Crippen LogP contribution in [0.15, 0.2) is 10.9 Å². The van der Waals surface area contributed by atoms with Gasteiger partial charge in [-0.25, -0.2) is 4.98 Å². The molecule has 7 nitrogen and oxygen atoms in total. The summed E-state index contributed by atoms with van der Waals surface area (Å²) < 4.78 is 10.0. The zero-order valence-corrected chi connectivity index (χ0v) is 10.6. The maximum absolute atomic E-state index is 5.08.